The molecule has 0 atom stereocenters. The van der Waals surface area contributed by atoms with Crippen molar-refractivity contribution in [2.24, 2.45) is 0 Å². The smallest absolute Gasteiger partial charge is 0.330 e. The number of nitrogens with one attached hydrogen (secondary N) is 2. The molecular weight excluding hydrogens is 268 g/mol. The van der Waals surface area contributed by atoms with Crippen LogP contribution in [-0.2, 0) is 28.7 Å². The van der Waals surface area contributed by atoms with E-state index in [-0.39, 0.29) is 13.2 Å². The van der Waals surface area contributed by atoms with E-state index in [2.05, 4.69) is 9.47 Å². The summed E-state index contributed by atoms with van der Waals surface area (Å²) >= 11 is 0. The molecule has 8 nitrogen and oxygen atoms in total. The van der Waals surface area contributed by atoms with Gasteiger partial charge in [0.2, 0.25) is 0 Å². The van der Waals surface area contributed by atoms with Gasteiger partial charge in [-0.1, -0.05) is 0 Å². The fraction of sp³-hybridized carbons (Fsp3) is 0.333. The minimum absolute atomic E-state index is 0.195. The maximum absolute atomic E-state index is 11.2. The highest BCUT2D eigenvalue weighted by Crippen LogP contribution is 1.82. The lowest BCUT2D eigenvalue weighted by Gasteiger charge is -2.01. The van der Waals surface area contributed by atoms with Crippen molar-refractivity contribution in [3.63, 3.8) is 0 Å². The van der Waals surface area contributed by atoms with Gasteiger partial charge in [-0.25, -0.2) is 9.59 Å². The summed E-state index contributed by atoms with van der Waals surface area (Å²) in [7, 11) is 0. The van der Waals surface area contributed by atoms with Crippen molar-refractivity contribution in [3.8, 4) is 0 Å². The molecule has 2 N–H and O–H groups in total. The second-order valence-corrected chi connectivity index (χ2v) is 3.15. The van der Waals surface area contributed by atoms with Gasteiger partial charge >= 0.3 is 11.9 Å². The van der Waals surface area contributed by atoms with Gasteiger partial charge in [-0.2, -0.15) is 0 Å². The van der Waals surface area contributed by atoms with Crippen LogP contribution < -0.4 is 10.9 Å². The van der Waals surface area contributed by atoms with Crippen molar-refractivity contribution >= 4 is 23.8 Å². The van der Waals surface area contributed by atoms with Crippen molar-refractivity contribution in [1.82, 2.24) is 10.9 Å². The zero-order valence-electron chi connectivity index (χ0n) is 11.2. The molecule has 8 heteroatoms. The van der Waals surface area contributed by atoms with Crippen LogP contribution in [0.4, 0.5) is 0 Å². The van der Waals surface area contributed by atoms with Crippen molar-refractivity contribution in [1.29, 1.82) is 0 Å². The topological polar surface area (TPSA) is 111 Å². The molecule has 0 aromatic rings. The Labute approximate surface area is 115 Å². The van der Waals surface area contributed by atoms with Crippen LogP contribution in [0.1, 0.15) is 13.8 Å². The van der Waals surface area contributed by atoms with Crippen LogP contribution in [-0.4, -0.2) is 37.0 Å². The minimum Gasteiger partial charge on any atom is -0.463 e. The van der Waals surface area contributed by atoms with Crippen LogP contribution in [0.3, 0.4) is 0 Å². The first-order valence-corrected chi connectivity index (χ1v) is 5.79. The number of ether oxygens (including phenoxy) is 2. The summed E-state index contributed by atoms with van der Waals surface area (Å²) in [6.07, 6.45) is 3.62. The van der Waals surface area contributed by atoms with Crippen molar-refractivity contribution in [2.45, 2.75) is 13.8 Å². The molecule has 0 heterocycles. The van der Waals surface area contributed by atoms with E-state index in [1.807, 2.05) is 10.9 Å². The Hall–Kier alpha value is -2.64. The molecular formula is C12H16N2O6. The normalized spacial score (nSPS) is 10.3. The average molecular weight is 284 g/mol. The van der Waals surface area contributed by atoms with Gasteiger partial charge in [0.15, 0.2) is 0 Å². The Morgan fingerprint density at radius 1 is 0.750 bits per heavy atom. The van der Waals surface area contributed by atoms with E-state index in [4.69, 9.17) is 0 Å². The number of hydrogen-bond acceptors (Lipinski definition) is 6. The largest absolute Gasteiger partial charge is 0.463 e. The monoisotopic (exact) mass is 284 g/mol. The van der Waals surface area contributed by atoms with Crippen LogP contribution in [0.25, 0.3) is 0 Å². The zero-order valence-corrected chi connectivity index (χ0v) is 11.2. The fourth-order valence-electron chi connectivity index (χ4n) is 0.875. The molecule has 0 fully saturated rings. The quantitative estimate of drug-likeness (QED) is 0.382. The average Bonchev–Trinajstić information content (AvgIpc) is 2.41. The standard InChI is InChI=1S/C12H16N2O6/c1-3-19-11(17)7-5-9(15)13-14-10(16)6-8-12(18)20-4-2/h5-8H,3-4H2,1-2H3,(H,13,15)(H,14,16)/b7-5+,8-6+. The number of carbonyl (C=O) groups is 4. The highest BCUT2D eigenvalue weighted by molar-refractivity contribution is 5.98. The summed E-state index contributed by atoms with van der Waals surface area (Å²) in [5, 5.41) is 0. The van der Waals surface area contributed by atoms with Crippen molar-refractivity contribution in [3.05, 3.63) is 24.3 Å². The van der Waals surface area contributed by atoms with Crippen molar-refractivity contribution in [2.75, 3.05) is 13.2 Å². The third-order valence-electron chi connectivity index (χ3n) is 1.62. The van der Waals surface area contributed by atoms with Gasteiger partial charge in [-0.05, 0) is 13.8 Å². The first-order valence-electron chi connectivity index (χ1n) is 5.79. The Morgan fingerprint density at radius 2 is 1.10 bits per heavy atom. The van der Waals surface area contributed by atoms with Gasteiger partial charge in [0.25, 0.3) is 11.8 Å². The van der Waals surface area contributed by atoms with E-state index in [0.29, 0.717) is 0 Å². The van der Waals surface area contributed by atoms with Gasteiger partial charge in [-0.15, -0.1) is 0 Å². The number of rotatable bonds is 6. The second kappa shape index (κ2) is 10.3. The molecule has 0 unspecified atom stereocenters. The van der Waals surface area contributed by atoms with Crippen LogP contribution >= 0.6 is 0 Å². The Bertz CT molecular complexity index is 388. The van der Waals surface area contributed by atoms with Gasteiger partial charge in [-0.3, -0.25) is 20.4 Å². The molecule has 0 aromatic heterocycles. The summed E-state index contributed by atoms with van der Waals surface area (Å²) in [6, 6.07) is 0. The molecule has 0 bridgehead atoms. The molecule has 2 amide bonds. The maximum Gasteiger partial charge on any atom is 0.330 e. The summed E-state index contributed by atoms with van der Waals surface area (Å²) in [5.74, 6) is -2.79. The Kier molecular flexibility index (Phi) is 8.94. The first-order chi connectivity index (χ1) is 9.49. The van der Waals surface area contributed by atoms with Crippen LogP contribution in [0, 0.1) is 0 Å². The SMILES string of the molecule is CCOC(=O)/C=C/C(=O)NNC(=O)/C=C/C(=O)OCC. The summed E-state index contributed by atoms with van der Waals surface area (Å²) in [5.41, 5.74) is 4.00. The van der Waals surface area contributed by atoms with E-state index < -0.39 is 23.8 Å². The van der Waals surface area contributed by atoms with Crippen molar-refractivity contribution < 1.29 is 28.7 Å². The van der Waals surface area contributed by atoms with Crippen LogP contribution in [0.2, 0.25) is 0 Å². The third-order valence-corrected chi connectivity index (χ3v) is 1.62. The van der Waals surface area contributed by atoms with E-state index >= 15 is 0 Å². The van der Waals surface area contributed by atoms with E-state index in [9.17, 15) is 19.2 Å². The predicted octanol–water partition coefficient (Wildman–Crippen LogP) is -0.628. The third kappa shape index (κ3) is 9.40. The van der Waals surface area contributed by atoms with Gasteiger partial charge < -0.3 is 9.47 Å². The van der Waals surface area contributed by atoms with E-state index in [1.54, 1.807) is 13.8 Å². The molecule has 110 valence electrons. The summed E-state index contributed by atoms with van der Waals surface area (Å²) in [4.78, 5) is 44.1. The molecule has 0 aliphatic heterocycles. The fourth-order valence-corrected chi connectivity index (χ4v) is 0.875. The van der Waals surface area contributed by atoms with Crippen LogP contribution in [0.5, 0.6) is 0 Å². The van der Waals surface area contributed by atoms with Crippen LogP contribution in [0.15, 0.2) is 24.3 Å². The lowest BCUT2D eigenvalue weighted by molar-refractivity contribution is -0.138. The first kappa shape index (κ1) is 17.4. The molecule has 0 saturated heterocycles. The number of esters is 2. The van der Waals surface area contributed by atoms with Gasteiger partial charge in [0.1, 0.15) is 0 Å². The molecule has 0 aliphatic rings. The van der Waals surface area contributed by atoms with E-state index in [0.717, 1.165) is 24.3 Å². The zero-order chi connectivity index (χ0) is 15.4. The Morgan fingerprint density at radius 3 is 1.40 bits per heavy atom. The number of carbonyl (C=O) groups excluding carboxylic acids is 4. The van der Waals surface area contributed by atoms with E-state index in [1.165, 1.54) is 0 Å². The number of hydrogen-bond donors (Lipinski definition) is 2. The molecule has 0 saturated carbocycles. The summed E-state index contributed by atoms with van der Waals surface area (Å²) in [6.45, 7) is 3.64. The van der Waals surface area contributed by atoms with Gasteiger partial charge in [0, 0.05) is 24.3 Å². The number of hydrazine groups is 1. The molecule has 0 aromatic carbocycles. The highest BCUT2D eigenvalue weighted by Gasteiger charge is 2.01. The molecule has 0 aliphatic carbocycles. The minimum atomic E-state index is -0.726. The van der Waals surface area contributed by atoms with Gasteiger partial charge in [0.05, 0.1) is 13.2 Å². The maximum atomic E-state index is 11.2. The molecule has 20 heavy (non-hydrogen) atoms. The second-order valence-electron chi connectivity index (χ2n) is 3.15. The highest BCUT2D eigenvalue weighted by atomic mass is 16.5. The molecule has 0 radical (unpaired) electrons. The predicted molar refractivity (Wildman–Crippen MR) is 67.8 cm³/mol. The summed E-state index contributed by atoms with van der Waals surface area (Å²) < 4.78 is 9.10. The lowest BCUT2D eigenvalue weighted by Crippen LogP contribution is -2.40. The molecule has 0 rings (SSSR count). The Balaban J connectivity index is 4.03. The molecule has 0 spiro atoms. The lowest BCUT2D eigenvalue weighted by atomic mass is 10.4. The number of amides is 2.